The molecule has 0 radical (unpaired) electrons. The van der Waals surface area contributed by atoms with Crippen LogP contribution in [0.5, 0.6) is 0 Å². The van der Waals surface area contributed by atoms with Crippen LogP contribution in [0.3, 0.4) is 0 Å². The number of nitrogens with one attached hydrogen (secondary N) is 1. The maximum atomic E-state index is 4.61. The average molecular weight is 265 g/mol. The maximum absolute atomic E-state index is 4.61. The Morgan fingerprint density at radius 1 is 1.44 bits per heavy atom. The van der Waals surface area contributed by atoms with Gasteiger partial charge in [0.05, 0.1) is 6.54 Å². The van der Waals surface area contributed by atoms with Crippen LogP contribution in [-0.4, -0.2) is 35.6 Å². The molecule has 2 fully saturated rings. The Labute approximate surface area is 114 Å². The van der Waals surface area contributed by atoms with Gasteiger partial charge in [-0.3, -0.25) is 4.90 Å². The van der Waals surface area contributed by atoms with Crippen molar-refractivity contribution in [2.75, 3.05) is 19.6 Å². The fraction of sp³-hybridized carbons (Fsp3) is 0.786. The van der Waals surface area contributed by atoms with E-state index in [1.165, 1.54) is 56.0 Å². The first-order valence-electron chi connectivity index (χ1n) is 7.17. The summed E-state index contributed by atoms with van der Waals surface area (Å²) in [4.78, 5) is 7.29. The topological polar surface area (TPSA) is 28.2 Å². The van der Waals surface area contributed by atoms with Crippen LogP contribution < -0.4 is 5.32 Å². The molecule has 100 valence electrons. The molecule has 0 aromatic carbocycles. The van der Waals surface area contributed by atoms with Crippen molar-refractivity contribution in [1.29, 1.82) is 0 Å². The van der Waals surface area contributed by atoms with Gasteiger partial charge in [-0.15, -0.1) is 11.3 Å². The molecule has 18 heavy (non-hydrogen) atoms. The van der Waals surface area contributed by atoms with Gasteiger partial charge in [-0.2, -0.15) is 0 Å². The minimum absolute atomic E-state index is 0.844. The number of hydrogen-bond donors (Lipinski definition) is 1. The normalized spacial score (nSPS) is 24.7. The second-order valence-corrected chi connectivity index (χ2v) is 6.70. The zero-order chi connectivity index (χ0) is 12.4. The van der Waals surface area contributed by atoms with Gasteiger partial charge in [0, 0.05) is 23.7 Å². The van der Waals surface area contributed by atoms with E-state index in [0.717, 1.165) is 18.5 Å². The van der Waals surface area contributed by atoms with E-state index in [2.05, 4.69) is 27.5 Å². The maximum Gasteiger partial charge on any atom is 0.107 e. The SMILES string of the molecule is Cc1csc(CN(CC2CCCNC2)C2CC2)n1. The molecule has 4 heteroatoms. The zero-order valence-corrected chi connectivity index (χ0v) is 12.0. The van der Waals surface area contributed by atoms with E-state index in [9.17, 15) is 0 Å². The Morgan fingerprint density at radius 2 is 2.33 bits per heavy atom. The Bertz CT molecular complexity index is 380. The number of aryl methyl sites for hydroxylation is 1. The molecular formula is C14H23N3S. The standard InChI is InChI=1S/C14H23N3S/c1-11-10-18-14(16-11)9-17(13-4-5-13)8-12-3-2-6-15-7-12/h10,12-13,15H,2-9H2,1H3. The molecule has 1 saturated carbocycles. The molecule has 1 unspecified atom stereocenters. The van der Waals surface area contributed by atoms with Crippen LogP contribution in [-0.2, 0) is 6.54 Å². The van der Waals surface area contributed by atoms with Crippen LogP contribution in [0.1, 0.15) is 36.4 Å². The highest BCUT2D eigenvalue weighted by molar-refractivity contribution is 7.09. The molecule has 2 aliphatic rings. The van der Waals surface area contributed by atoms with Crippen molar-refractivity contribution in [2.24, 2.45) is 5.92 Å². The van der Waals surface area contributed by atoms with E-state index < -0.39 is 0 Å². The number of nitrogens with zero attached hydrogens (tertiary/aromatic N) is 2. The molecule has 3 nitrogen and oxygen atoms in total. The Kier molecular flexibility index (Phi) is 3.97. The lowest BCUT2D eigenvalue weighted by molar-refractivity contribution is 0.192. The van der Waals surface area contributed by atoms with Crippen LogP contribution in [0.2, 0.25) is 0 Å². The number of aromatic nitrogens is 1. The van der Waals surface area contributed by atoms with Crippen LogP contribution in [0.25, 0.3) is 0 Å². The average Bonchev–Trinajstić information content (AvgIpc) is 3.15. The Hall–Kier alpha value is -0.450. The van der Waals surface area contributed by atoms with E-state index >= 15 is 0 Å². The molecule has 1 atom stereocenters. The predicted molar refractivity (Wildman–Crippen MR) is 75.9 cm³/mol. The summed E-state index contributed by atoms with van der Waals surface area (Å²) in [5, 5.41) is 6.99. The molecule has 0 spiro atoms. The lowest BCUT2D eigenvalue weighted by Crippen LogP contribution is -2.39. The van der Waals surface area contributed by atoms with Crippen LogP contribution in [0, 0.1) is 12.8 Å². The summed E-state index contributed by atoms with van der Waals surface area (Å²) in [6, 6.07) is 0.844. The Morgan fingerprint density at radius 3 is 2.94 bits per heavy atom. The van der Waals surface area contributed by atoms with E-state index in [4.69, 9.17) is 0 Å². The van der Waals surface area contributed by atoms with Crippen molar-refractivity contribution in [1.82, 2.24) is 15.2 Å². The molecule has 1 aromatic rings. The smallest absolute Gasteiger partial charge is 0.107 e. The minimum Gasteiger partial charge on any atom is -0.316 e. The van der Waals surface area contributed by atoms with Gasteiger partial charge in [-0.1, -0.05) is 0 Å². The van der Waals surface area contributed by atoms with E-state index in [1.54, 1.807) is 0 Å². The molecule has 3 rings (SSSR count). The molecule has 1 aromatic heterocycles. The summed E-state index contributed by atoms with van der Waals surface area (Å²) in [5.41, 5.74) is 1.17. The summed E-state index contributed by atoms with van der Waals surface area (Å²) in [6.07, 6.45) is 5.53. The summed E-state index contributed by atoms with van der Waals surface area (Å²) in [6.45, 7) is 6.84. The van der Waals surface area contributed by atoms with E-state index in [0.29, 0.717) is 0 Å². The molecule has 1 saturated heterocycles. The third kappa shape index (κ3) is 3.31. The summed E-state index contributed by atoms with van der Waals surface area (Å²) in [7, 11) is 0. The second kappa shape index (κ2) is 5.68. The second-order valence-electron chi connectivity index (χ2n) is 5.76. The fourth-order valence-electron chi connectivity index (χ4n) is 2.84. The van der Waals surface area contributed by atoms with Gasteiger partial charge in [0.1, 0.15) is 5.01 Å². The van der Waals surface area contributed by atoms with Gasteiger partial charge in [-0.05, 0) is 51.6 Å². The van der Waals surface area contributed by atoms with Crippen molar-refractivity contribution in [2.45, 2.75) is 45.2 Å². The lowest BCUT2D eigenvalue weighted by Gasteiger charge is -2.29. The van der Waals surface area contributed by atoms with Gasteiger partial charge in [0.25, 0.3) is 0 Å². The largest absolute Gasteiger partial charge is 0.316 e. The van der Waals surface area contributed by atoms with Crippen molar-refractivity contribution in [3.63, 3.8) is 0 Å². The lowest BCUT2D eigenvalue weighted by atomic mass is 9.99. The number of piperidine rings is 1. The van der Waals surface area contributed by atoms with Gasteiger partial charge >= 0.3 is 0 Å². The van der Waals surface area contributed by atoms with Crippen LogP contribution in [0.4, 0.5) is 0 Å². The summed E-state index contributed by atoms with van der Waals surface area (Å²) >= 11 is 1.82. The quantitative estimate of drug-likeness (QED) is 0.886. The first kappa shape index (κ1) is 12.6. The van der Waals surface area contributed by atoms with Gasteiger partial charge in [0.2, 0.25) is 0 Å². The van der Waals surface area contributed by atoms with E-state index in [-0.39, 0.29) is 0 Å². The monoisotopic (exact) mass is 265 g/mol. The molecule has 1 aliphatic carbocycles. The van der Waals surface area contributed by atoms with Gasteiger partial charge in [-0.25, -0.2) is 4.98 Å². The molecule has 0 amide bonds. The highest BCUT2D eigenvalue weighted by Gasteiger charge is 2.31. The number of rotatable bonds is 5. The van der Waals surface area contributed by atoms with Crippen molar-refractivity contribution < 1.29 is 0 Å². The summed E-state index contributed by atoms with van der Waals surface area (Å²) in [5.74, 6) is 0.848. The molecule has 0 bridgehead atoms. The van der Waals surface area contributed by atoms with Crippen LogP contribution >= 0.6 is 11.3 Å². The van der Waals surface area contributed by atoms with Crippen molar-refractivity contribution in [3.05, 3.63) is 16.1 Å². The molecule has 1 N–H and O–H groups in total. The van der Waals surface area contributed by atoms with Gasteiger partial charge in [0.15, 0.2) is 0 Å². The van der Waals surface area contributed by atoms with Crippen molar-refractivity contribution >= 4 is 11.3 Å². The van der Waals surface area contributed by atoms with Gasteiger partial charge < -0.3 is 5.32 Å². The first-order valence-corrected chi connectivity index (χ1v) is 8.05. The third-order valence-corrected chi connectivity index (χ3v) is 4.91. The predicted octanol–water partition coefficient (Wildman–Crippen LogP) is 2.42. The highest BCUT2D eigenvalue weighted by atomic mass is 32.1. The minimum atomic E-state index is 0.844. The number of thiazole rings is 1. The van der Waals surface area contributed by atoms with E-state index in [1.807, 2.05) is 11.3 Å². The molecule has 2 heterocycles. The zero-order valence-electron chi connectivity index (χ0n) is 11.2. The third-order valence-electron chi connectivity index (χ3n) is 3.96. The Balaban J connectivity index is 1.57. The van der Waals surface area contributed by atoms with Crippen LogP contribution in [0.15, 0.2) is 5.38 Å². The number of hydrogen-bond acceptors (Lipinski definition) is 4. The van der Waals surface area contributed by atoms with Crippen molar-refractivity contribution in [3.8, 4) is 0 Å². The fourth-order valence-corrected chi connectivity index (χ4v) is 3.64. The summed E-state index contributed by atoms with van der Waals surface area (Å²) < 4.78 is 0. The first-order chi connectivity index (χ1) is 8.81. The molecular weight excluding hydrogens is 242 g/mol. The highest BCUT2D eigenvalue weighted by Crippen LogP contribution is 2.30. The molecule has 1 aliphatic heterocycles.